The van der Waals surface area contributed by atoms with Crippen LogP contribution in [-0.2, 0) is 4.79 Å². The quantitative estimate of drug-likeness (QED) is 0.928. The van der Waals surface area contributed by atoms with Gasteiger partial charge in [-0.15, -0.1) is 0 Å². The summed E-state index contributed by atoms with van der Waals surface area (Å²) >= 11 is 11.8. The first-order valence-electron chi connectivity index (χ1n) is 6.44. The second kappa shape index (κ2) is 6.85. The fraction of sp³-hybridized carbons (Fsp3) is 0.200. The molecule has 0 spiro atoms. The molecule has 2 aromatic rings. The van der Waals surface area contributed by atoms with E-state index in [9.17, 15) is 9.59 Å². The van der Waals surface area contributed by atoms with Crippen LogP contribution in [0.5, 0.6) is 5.75 Å². The van der Waals surface area contributed by atoms with Gasteiger partial charge in [0.1, 0.15) is 6.04 Å². The van der Waals surface area contributed by atoms with Gasteiger partial charge in [-0.05, 0) is 37.3 Å². The molecule has 2 rings (SSSR count). The molecule has 0 saturated heterocycles. The van der Waals surface area contributed by atoms with Gasteiger partial charge in [0.05, 0.1) is 7.11 Å². The van der Waals surface area contributed by atoms with E-state index in [0.29, 0.717) is 15.7 Å². The minimum atomic E-state index is -0.722. The van der Waals surface area contributed by atoms with Crippen LogP contribution in [-0.4, -0.2) is 17.6 Å². The van der Waals surface area contributed by atoms with Crippen LogP contribution in [0.1, 0.15) is 13.0 Å². The topological polar surface area (TPSA) is 60.3 Å². The number of aromatic nitrogens is 1. The third kappa shape index (κ3) is 3.61. The Labute approximate surface area is 137 Å². The molecule has 22 heavy (non-hydrogen) atoms. The number of pyridine rings is 1. The predicted molar refractivity (Wildman–Crippen MR) is 87.1 cm³/mol. The Morgan fingerprint density at radius 2 is 1.91 bits per heavy atom. The van der Waals surface area contributed by atoms with Gasteiger partial charge in [-0.1, -0.05) is 23.2 Å². The molecule has 1 heterocycles. The first kappa shape index (κ1) is 16.4. The maximum absolute atomic E-state index is 12.3. The summed E-state index contributed by atoms with van der Waals surface area (Å²) in [5, 5.41) is 3.50. The van der Waals surface area contributed by atoms with Crippen molar-refractivity contribution in [3.8, 4) is 5.75 Å². The largest absolute Gasteiger partial charge is 0.491 e. The van der Waals surface area contributed by atoms with Crippen LogP contribution in [0.25, 0.3) is 0 Å². The Morgan fingerprint density at radius 1 is 1.27 bits per heavy atom. The number of benzene rings is 1. The van der Waals surface area contributed by atoms with E-state index in [0.717, 1.165) is 0 Å². The maximum Gasteiger partial charge on any atom is 0.293 e. The van der Waals surface area contributed by atoms with Crippen molar-refractivity contribution in [1.29, 1.82) is 0 Å². The summed E-state index contributed by atoms with van der Waals surface area (Å²) in [5.74, 6) is -0.193. The van der Waals surface area contributed by atoms with Crippen molar-refractivity contribution in [2.45, 2.75) is 13.0 Å². The van der Waals surface area contributed by atoms with Gasteiger partial charge < -0.3 is 14.6 Å². The number of nitrogens with one attached hydrogen (secondary N) is 1. The second-order valence-electron chi connectivity index (χ2n) is 4.61. The van der Waals surface area contributed by atoms with Crippen LogP contribution in [0, 0.1) is 0 Å². The fourth-order valence-electron chi connectivity index (χ4n) is 1.95. The summed E-state index contributed by atoms with van der Waals surface area (Å²) < 4.78 is 6.26. The molecule has 0 radical (unpaired) electrons. The Balaban J connectivity index is 2.24. The Bertz CT molecular complexity index is 738. The van der Waals surface area contributed by atoms with Crippen molar-refractivity contribution < 1.29 is 9.53 Å². The highest BCUT2D eigenvalue weighted by molar-refractivity contribution is 6.35. The van der Waals surface area contributed by atoms with E-state index in [-0.39, 0.29) is 17.2 Å². The fourth-order valence-corrected chi connectivity index (χ4v) is 2.47. The molecule has 1 N–H and O–H groups in total. The highest BCUT2D eigenvalue weighted by Crippen LogP contribution is 2.23. The van der Waals surface area contributed by atoms with Gasteiger partial charge in [0.15, 0.2) is 5.75 Å². The SMILES string of the molecule is COc1cccn(C(C)C(=O)Nc2cc(Cl)cc(Cl)c2)c1=O. The zero-order valence-electron chi connectivity index (χ0n) is 12.0. The van der Waals surface area contributed by atoms with Crippen molar-refractivity contribution in [3.63, 3.8) is 0 Å². The standard InChI is InChI=1S/C15H14Cl2N2O3/c1-9(19-5-3-4-13(22-2)15(19)21)14(20)18-12-7-10(16)6-11(17)8-12/h3-9H,1-2H3,(H,18,20). The van der Waals surface area contributed by atoms with Gasteiger partial charge in [-0.2, -0.15) is 0 Å². The van der Waals surface area contributed by atoms with Gasteiger partial charge in [0.25, 0.3) is 5.56 Å². The molecule has 1 unspecified atom stereocenters. The zero-order valence-corrected chi connectivity index (χ0v) is 13.5. The zero-order chi connectivity index (χ0) is 16.3. The van der Waals surface area contributed by atoms with E-state index in [1.54, 1.807) is 37.3 Å². The van der Waals surface area contributed by atoms with Crippen LogP contribution in [0.3, 0.4) is 0 Å². The molecule has 1 atom stereocenters. The number of carbonyl (C=O) groups is 1. The van der Waals surface area contributed by atoms with Crippen LogP contribution in [0.4, 0.5) is 5.69 Å². The van der Waals surface area contributed by atoms with Crippen molar-refractivity contribution in [1.82, 2.24) is 4.57 Å². The number of amides is 1. The number of anilines is 1. The molecule has 0 bridgehead atoms. The van der Waals surface area contributed by atoms with E-state index in [1.807, 2.05) is 0 Å². The minimum absolute atomic E-state index is 0.174. The second-order valence-corrected chi connectivity index (χ2v) is 5.49. The third-order valence-corrected chi connectivity index (χ3v) is 3.52. The Kier molecular flexibility index (Phi) is 5.11. The van der Waals surface area contributed by atoms with Crippen molar-refractivity contribution >= 4 is 34.8 Å². The highest BCUT2D eigenvalue weighted by atomic mass is 35.5. The molecule has 1 aromatic carbocycles. The number of rotatable bonds is 4. The first-order chi connectivity index (χ1) is 10.4. The van der Waals surface area contributed by atoms with Crippen molar-refractivity contribution in [2.24, 2.45) is 0 Å². The van der Waals surface area contributed by atoms with Crippen molar-refractivity contribution in [2.75, 3.05) is 12.4 Å². The van der Waals surface area contributed by atoms with E-state index < -0.39 is 6.04 Å². The highest BCUT2D eigenvalue weighted by Gasteiger charge is 2.18. The lowest BCUT2D eigenvalue weighted by molar-refractivity contribution is -0.118. The summed E-state index contributed by atoms with van der Waals surface area (Å²) in [6, 6.07) is 7.17. The number of hydrogen-bond donors (Lipinski definition) is 1. The Hall–Kier alpha value is -1.98. The smallest absolute Gasteiger partial charge is 0.293 e. The van der Waals surface area contributed by atoms with Crippen LogP contribution in [0.15, 0.2) is 41.3 Å². The minimum Gasteiger partial charge on any atom is -0.491 e. The average molecular weight is 341 g/mol. The molecule has 0 aliphatic carbocycles. The number of methoxy groups -OCH3 is 1. The molecule has 0 saturated carbocycles. The molecule has 0 fully saturated rings. The number of hydrogen-bond acceptors (Lipinski definition) is 3. The third-order valence-electron chi connectivity index (χ3n) is 3.09. The summed E-state index contributed by atoms with van der Waals surface area (Å²) in [5.41, 5.74) is 0.0853. The monoisotopic (exact) mass is 340 g/mol. The van der Waals surface area contributed by atoms with E-state index in [4.69, 9.17) is 27.9 Å². The van der Waals surface area contributed by atoms with Gasteiger partial charge in [0.2, 0.25) is 5.91 Å². The summed E-state index contributed by atoms with van der Waals surface area (Å²) in [7, 11) is 1.40. The van der Waals surface area contributed by atoms with E-state index >= 15 is 0 Å². The first-order valence-corrected chi connectivity index (χ1v) is 7.20. The lowest BCUT2D eigenvalue weighted by Gasteiger charge is -2.16. The summed E-state index contributed by atoms with van der Waals surface area (Å²) in [6.45, 7) is 1.61. The summed E-state index contributed by atoms with van der Waals surface area (Å²) in [6.07, 6.45) is 1.53. The van der Waals surface area contributed by atoms with Crippen molar-refractivity contribution in [3.05, 3.63) is 56.9 Å². The lowest BCUT2D eigenvalue weighted by Crippen LogP contribution is -2.31. The number of carbonyl (C=O) groups excluding carboxylic acids is 1. The number of halogens is 2. The normalized spacial score (nSPS) is 11.8. The van der Waals surface area contributed by atoms with Gasteiger partial charge in [-0.3, -0.25) is 9.59 Å². The predicted octanol–water partition coefficient (Wildman–Crippen LogP) is 3.36. The molecule has 7 heteroatoms. The number of nitrogens with zero attached hydrogens (tertiary/aromatic N) is 1. The molecule has 0 aliphatic heterocycles. The van der Waals surface area contributed by atoms with Crippen LogP contribution >= 0.6 is 23.2 Å². The molecular formula is C15H14Cl2N2O3. The summed E-state index contributed by atoms with van der Waals surface area (Å²) in [4.78, 5) is 24.4. The van der Waals surface area contributed by atoms with Gasteiger partial charge in [0, 0.05) is 21.9 Å². The molecule has 1 aromatic heterocycles. The average Bonchev–Trinajstić information content (AvgIpc) is 2.45. The van der Waals surface area contributed by atoms with Gasteiger partial charge in [-0.25, -0.2) is 0 Å². The molecule has 116 valence electrons. The van der Waals surface area contributed by atoms with Crippen LogP contribution < -0.4 is 15.6 Å². The molecule has 1 amide bonds. The Morgan fingerprint density at radius 3 is 2.50 bits per heavy atom. The molecule has 0 aliphatic rings. The molecular weight excluding hydrogens is 327 g/mol. The molecule has 5 nitrogen and oxygen atoms in total. The lowest BCUT2D eigenvalue weighted by atomic mass is 10.2. The van der Waals surface area contributed by atoms with E-state index in [1.165, 1.54) is 17.9 Å². The van der Waals surface area contributed by atoms with Gasteiger partial charge >= 0.3 is 0 Å². The van der Waals surface area contributed by atoms with Crippen LogP contribution in [0.2, 0.25) is 10.0 Å². The van der Waals surface area contributed by atoms with E-state index in [2.05, 4.69) is 5.32 Å². The number of ether oxygens (including phenoxy) is 1. The maximum atomic E-state index is 12.3.